The third kappa shape index (κ3) is 2.91. The van der Waals surface area contributed by atoms with Crippen LogP contribution in [0.1, 0.15) is 17.2 Å². The summed E-state index contributed by atoms with van der Waals surface area (Å²) in [5.41, 5.74) is 1.36. The number of aliphatic hydroxyl groups is 1. The summed E-state index contributed by atoms with van der Waals surface area (Å²) in [4.78, 5) is 0. The van der Waals surface area contributed by atoms with Gasteiger partial charge >= 0.3 is 0 Å². The average Bonchev–Trinajstić information content (AvgIpc) is 2.35. The molecule has 0 aliphatic carbocycles. The van der Waals surface area contributed by atoms with Gasteiger partial charge in [0.15, 0.2) is 0 Å². The zero-order valence-corrected chi connectivity index (χ0v) is 11.7. The number of hydrogen-bond acceptors (Lipinski definition) is 1. The third-order valence-corrected chi connectivity index (χ3v) is 3.85. The van der Waals surface area contributed by atoms with Crippen LogP contribution in [0.5, 0.6) is 0 Å². The van der Waals surface area contributed by atoms with Crippen molar-refractivity contribution < 1.29 is 9.50 Å². The van der Waals surface area contributed by atoms with Crippen molar-refractivity contribution >= 4 is 27.5 Å². The smallest absolute Gasteiger partial charge is 0.142 e. The minimum Gasteiger partial charge on any atom is -0.388 e. The fourth-order valence-corrected chi connectivity index (χ4v) is 2.52. The molecule has 0 aromatic heterocycles. The average molecular weight is 330 g/mol. The second-order valence-corrected chi connectivity index (χ2v) is 5.19. The van der Waals surface area contributed by atoms with Gasteiger partial charge in [-0.1, -0.05) is 57.9 Å². The molecule has 2 aromatic rings. The summed E-state index contributed by atoms with van der Waals surface area (Å²) in [6, 6.07) is 12.0. The lowest BCUT2D eigenvalue weighted by molar-refractivity contribution is 0.177. The maximum Gasteiger partial charge on any atom is 0.142 e. The second kappa shape index (κ2) is 5.83. The summed E-state index contributed by atoms with van der Waals surface area (Å²) in [6.07, 6.45) is -0.445. The molecule has 0 aliphatic heterocycles. The summed E-state index contributed by atoms with van der Waals surface area (Å²) >= 11 is 9.24. The molecule has 0 saturated carbocycles. The van der Waals surface area contributed by atoms with Gasteiger partial charge in [-0.25, -0.2) is 4.39 Å². The molecule has 0 amide bonds. The van der Waals surface area contributed by atoms with Crippen molar-refractivity contribution in [1.82, 2.24) is 0 Å². The van der Waals surface area contributed by atoms with Crippen LogP contribution in [0.3, 0.4) is 0 Å². The number of rotatable bonds is 3. The highest BCUT2D eigenvalue weighted by molar-refractivity contribution is 9.10. The van der Waals surface area contributed by atoms with Gasteiger partial charge in [-0.2, -0.15) is 0 Å². The Hall–Kier alpha value is -0.900. The van der Waals surface area contributed by atoms with Gasteiger partial charge in [-0.15, -0.1) is 0 Å². The van der Waals surface area contributed by atoms with Crippen molar-refractivity contribution in [2.45, 2.75) is 12.5 Å². The van der Waals surface area contributed by atoms with Crippen LogP contribution in [0, 0.1) is 5.82 Å². The van der Waals surface area contributed by atoms with Crippen molar-refractivity contribution in [3.05, 3.63) is 68.9 Å². The van der Waals surface area contributed by atoms with Crippen LogP contribution < -0.4 is 0 Å². The fraction of sp³-hybridized carbons (Fsp3) is 0.143. The van der Waals surface area contributed by atoms with E-state index in [1.165, 1.54) is 6.07 Å². The van der Waals surface area contributed by atoms with Gasteiger partial charge in [-0.05, 0) is 23.3 Å². The molecule has 0 fully saturated rings. The predicted octanol–water partition coefficient (Wildman–Crippen LogP) is 4.52. The molecule has 0 radical (unpaired) electrons. The van der Waals surface area contributed by atoms with Crippen LogP contribution in [-0.4, -0.2) is 5.11 Å². The topological polar surface area (TPSA) is 20.2 Å². The molecule has 0 saturated heterocycles. The van der Waals surface area contributed by atoms with Gasteiger partial charge in [0.05, 0.1) is 11.1 Å². The zero-order valence-electron chi connectivity index (χ0n) is 9.41. The van der Waals surface area contributed by atoms with Crippen LogP contribution in [-0.2, 0) is 6.42 Å². The molecule has 94 valence electrons. The lowest BCUT2D eigenvalue weighted by Crippen LogP contribution is -2.03. The van der Waals surface area contributed by atoms with E-state index in [2.05, 4.69) is 15.9 Å². The van der Waals surface area contributed by atoms with Gasteiger partial charge in [-0.3, -0.25) is 0 Å². The maximum absolute atomic E-state index is 13.3. The zero-order chi connectivity index (χ0) is 13.1. The molecule has 0 heterocycles. The Morgan fingerprint density at radius 2 is 1.89 bits per heavy atom. The van der Waals surface area contributed by atoms with Crippen molar-refractivity contribution in [3.8, 4) is 0 Å². The van der Waals surface area contributed by atoms with Crippen molar-refractivity contribution in [1.29, 1.82) is 0 Å². The fourth-order valence-electron chi connectivity index (χ4n) is 1.77. The van der Waals surface area contributed by atoms with Gasteiger partial charge in [0, 0.05) is 10.9 Å². The minimum absolute atomic E-state index is 0.0728. The first-order chi connectivity index (χ1) is 8.59. The van der Waals surface area contributed by atoms with Crippen LogP contribution in [0.15, 0.2) is 46.9 Å². The highest BCUT2D eigenvalue weighted by Gasteiger charge is 2.14. The van der Waals surface area contributed by atoms with E-state index in [9.17, 15) is 9.50 Å². The number of hydrogen-bond donors (Lipinski definition) is 1. The van der Waals surface area contributed by atoms with E-state index < -0.39 is 11.9 Å². The van der Waals surface area contributed by atoms with Gasteiger partial charge in [0.25, 0.3) is 0 Å². The van der Waals surface area contributed by atoms with Gasteiger partial charge < -0.3 is 5.11 Å². The summed E-state index contributed by atoms with van der Waals surface area (Å²) in [5.74, 6) is -0.464. The first kappa shape index (κ1) is 13.5. The summed E-state index contributed by atoms with van der Waals surface area (Å²) in [6.45, 7) is 0. The van der Waals surface area contributed by atoms with Gasteiger partial charge in [0.1, 0.15) is 5.82 Å². The van der Waals surface area contributed by atoms with Gasteiger partial charge in [0.2, 0.25) is 0 Å². The van der Waals surface area contributed by atoms with E-state index in [-0.39, 0.29) is 11.4 Å². The molecule has 0 spiro atoms. The quantitative estimate of drug-likeness (QED) is 0.878. The van der Waals surface area contributed by atoms with E-state index in [0.717, 1.165) is 10.0 Å². The van der Waals surface area contributed by atoms with Crippen LogP contribution >= 0.6 is 27.5 Å². The summed E-state index contributed by atoms with van der Waals surface area (Å²) in [7, 11) is 0. The lowest BCUT2D eigenvalue weighted by Gasteiger charge is -2.14. The SMILES string of the molecule is OC(Cc1cccc(F)c1Cl)c1ccccc1Br. The minimum atomic E-state index is -0.722. The van der Waals surface area contributed by atoms with E-state index in [4.69, 9.17) is 11.6 Å². The first-order valence-electron chi connectivity index (χ1n) is 5.45. The Morgan fingerprint density at radius 1 is 1.17 bits per heavy atom. The van der Waals surface area contributed by atoms with Crippen molar-refractivity contribution in [2.75, 3.05) is 0 Å². The molecule has 1 N–H and O–H groups in total. The largest absolute Gasteiger partial charge is 0.388 e. The third-order valence-electron chi connectivity index (χ3n) is 2.71. The highest BCUT2D eigenvalue weighted by atomic mass is 79.9. The van der Waals surface area contributed by atoms with E-state index in [0.29, 0.717) is 5.56 Å². The monoisotopic (exact) mass is 328 g/mol. The van der Waals surface area contributed by atoms with Crippen LogP contribution in [0.2, 0.25) is 5.02 Å². The molecule has 0 bridgehead atoms. The molecule has 1 unspecified atom stereocenters. The molecule has 1 nitrogen and oxygen atoms in total. The lowest BCUT2D eigenvalue weighted by atomic mass is 10.0. The molecule has 1 atom stereocenters. The van der Waals surface area contributed by atoms with E-state index in [1.54, 1.807) is 12.1 Å². The maximum atomic E-state index is 13.3. The first-order valence-corrected chi connectivity index (χ1v) is 6.62. The van der Waals surface area contributed by atoms with Crippen LogP contribution in [0.4, 0.5) is 4.39 Å². The Balaban J connectivity index is 2.24. The standard InChI is InChI=1S/C14H11BrClFO/c15-11-6-2-1-5-10(11)13(18)8-9-4-3-7-12(17)14(9)16/h1-7,13,18H,8H2. The second-order valence-electron chi connectivity index (χ2n) is 3.95. The predicted molar refractivity (Wildman–Crippen MR) is 74.2 cm³/mol. The Kier molecular flexibility index (Phi) is 4.38. The molecule has 0 aliphatic rings. The summed E-state index contributed by atoms with van der Waals surface area (Å²) < 4.78 is 14.1. The highest BCUT2D eigenvalue weighted by Crippen LogP contribution is 2.29. The van der Waals surface area contributed by atoms with Crippen molar-refractivity contribution in [3.63, 3.8) is 0 Å². The summed E-state index contributed by atoms with van der Waals surface area (Å²) in [5, 5.41) is 10.2. The van der Waals surface area contributed by atoms with Crippen LogP contribution in [0.25, 0.3) is 0 Å². The Labute approximate surface area is 118 Å². The Bertz CT molecular complexity index is 559. The molecule has 4 heteroatoms. The molecule has 2 rings (SSSR count). The number of aliphatic hydroxyl groups excluding tert-OH is 1. The number of halogens is 3. The molecule has 18 heavy (non-hydrogen) atoms. The number of benzene rings is 2. The van der Waals surface area contributed by atoms with Crippen molar-refractivity contribution in [2.24, 2.45) is 0 Å². The van der Waals surface area contributed by atoms with E-state index >= 15 is 0 Å². The van der Waals surface area contributed by atoms with E-state index in [1.807, 2.05) is 24.3 Å². The molecule has 2 aromatic carbocycles. The molecular weight excluding hydrogens is 319 g/mol. The Morgan fingerprint density at radius 3 is 2.61 bits per heavy atom. The molecular formula is C14H11BrClFO. The normalized spacial score (nSPS) is 12.4.